The highest BCUT2D eigenvalue weighted by Crippen LogP contribution is 2.18. The second-order valence-electron chi connectivity index (χ2n) is 3.72. The third kappa shape index (κ3) is 2.61. The Labute approximate surface area is 99.9 Å². The molecular formula is C13H15NOS. The van der Waals surface area contributed by atoms with Crippen LogP contribution in [0, 0.1) is 13.8 Å². The number of aromatic nitrogens is 1. The molecule has 0 amide bonds. The maximum atomic E-state index is 5.74. The van der Waals surface area contributed by atoms with E-state index in [2.05, 4.69) is 18.0 Å². The van der Waals surface area contributed by atoms with Gasteiger partial charge in [0.2, 0.25) is 0 Å². The minimum absolute atomic E-state index is 0.716. The zero-order valence-corrected chi connectivity index (χ0v) is 10.4. The van der Waals surface area contributed by atoms with Crippen LogP contribution in [0.4, 0.5) is 0 Å². The summed E-state index contributed by atoms with van der Waals surface area (Å²) in [6, 6.07) is 8.10. The Hall–Kier alpha value is -1.35. The number of hydrogen-bond donors (Lipinski definition) is 0. The largest absolute Gasteiger partial charge is 0.493 e. The van der Waals surface area contributed by atoms with Gasteiger partial charge in [0.15, 0.2) is 0 Å². The monoisotopic (exact) mass is 233 g/mol. The van der Waals surface area contributed by atoms with Gasteiger partial charge in [0.25, 0.3) is 0 Å². The summed E-state index contributed by atoms with van der Waals surface area (Å²) in [4.78, 5) is 5.54. The van der Waals surface area contributed by atoms with Crippen molar-refractivity contribution in [3.63, 3.8) is 0 Å². The second kappa shape index (κ2) is 5.12. The molecule has 0 spiro atoms. The van der Waals surface area contributed by atoms with Crippen molar-refractivity contribution in [2.24, 2.45) is 0 Å². The first-order valence-corrected chi connectivity index (χ1v) is 6.22. The molecule has 3 heteroatoms. The Morgan fingerprint density at radius 3 is 2.75 bits per heavy atom. The fourth-order valence-electron chi connectivity index (χ4n) is 1.54. The highest BCUT2D eigenvalue weighted by Gasteiger charge is 2.02. The van der Waals surface area contributed by atoms with Crippen LogP contribution in [0.3, 0.4) is 0 Å². The third-order valence-corrected chi connectivity index (χ3v) is 3.52. The summed E-state index contributed by atoms with van der Waals surface area (Å²) in [5.74, 6) is 0.977. The minimum atomic E-state index is 0.716. The molecular weight excluding hydrogens is 218 g/mol. The average molecular weight is 233 g/mol. The molecule has 2 rings (SSSR count). The lowest BCUT2D eigenvalue weighted by Gasteiger charge is -2.07. The van der Waals surface area contributed by atoms with E-state index in [9.17, 15) is 0 Å². The summed E-state index contributed by atoms with van der Waals surface area (Å²) in [6.07, 6.45) is 0.935. The lowest BCUT2D eigenvalue weighted by Crippen LogP contribution is -2.02. The predicted molar refractivity (Wildman–Crippen MR) is 67.2 cm³/mol. The van der Waals surface area contributed by atoms with Gasteiger partial charge in [-0.25, -0.2) is 4.98 Å². The Morgan fingerprint density at radius 2 is 2.06 bits per heavy atom. The van der Waals surface area contributed by atoms with E-state index < -0.39 is 0 Å². The maximum Gasteiger partial charge on any atom is 0.122 e. The van der Waals surface area contributed by atoms with E-state index in [0.717, 1.165) is 17.9 Å². The van der Waals surface area contributed by atoms with Crippen LogP contribution in [0.25, 0.3) is 0 Å². The summed E-state index contributed by atoms with van der Waals surface area (Å²) in [5, 5.41) is 0. The number of para-hydroxylation sites is 1. The fourth-order valence-corrected chi connectivity index (χ4v) is 2.30. The molecule has 2 nitrogen and oxygen atoms in total. The first-order valence-electron chi connectivity index (χ1n) is 5.35. The topological polar surface area (TPSA) is 22.1 Å². The van der Waals surface area contributed by atoms with Gasteiger partial charge in [0.1, 0.15) is 5.75 Å². The Kier molecular flexibility index (Phi) is 3.57. The van der Waals surface area contributed by atoms with Gasteiger partial charge in [0.05, 0.1) is 17.8 Å². The van der Waals surface area contributed by atoms with Crippen molar-refractivity contribution in [3.05, 3.63) is 45.9 Å². The molecule has 1 heterocycles. The van der Waals surface area contributed by atoms with Crippen molar-refractivity contribution >= 4 is 11.3 Å². The van der Waals surface area contributed by atoms with Crippen molar-refractivity contribution in [1.82, 2.24) is 4.98 Å². The molecule has 0 fully saturated rings. The fraction of sp³-hybridized carbons (Fsp3) is 0.308. The molecule has 16 heavy (non-hydrogen) atoms. The van der Waals surface area contributed by atoms with Crippen molar-refractivity contribution in [2.75, 3.05) is 6.61 Å². The highest BCUT2D eigenvalue weighted by molar-refractivity contribution is 7.09. The van der Waals surface area contributed by atoms with E-state index in [1.165, 1.54) is 10.4 Å². The standard InChI is InChI=1S/C13H15NOS/c1-10-5-3-4-6-12(10)15-8-7-13-11(2)14-9-16-13/h3-6,9H,7-8H2,1-2H3. The van der Waals surface area contributed by atoms with E-state index in [4.69, 9.17) is 4.74 Å². The van der Waals surface area contributed by atoms with E-state index in [0.29, 0.717) is 6.61 Å². The molecule has 0 bridgehead atoms. The van der Waals surface area contributed by atoms with Crippen LogP contribution in [0.1, 0.15) is 16.1 Å². The second-order valence-corrected chi connectivity index (χ2v) is 4.66. The highest BCUT2D eigenvalue weighted by atomic mass is 32.1. The van der Waals surface area contributed by atoms with Crippen molar-refractivity contribution < 1.29 is 4.74 Å². The molecule has 0 aliphatic rings. The molecule has 0 atom stereocenters. The summed E-state index contributed by atoms with van der Waals surface area (Å²) in [5.41, 5.74) is 4.19. The van der Waals surface area contributed by atoms with Gasteiger partial charge < -0.3 is 4.74 Å². The zero-order chi connectivity index (χ0) is 11.4. The predicted octanol–water partition coefficient (Wildman–Crippen LogP) is 3.38. The molecule has 2 aromatic rings. The van der Waals surface area contributed by atoms with Crippen LogP contribution in [0.2, 0.25) is 0 Å². The molecule has 0 radical (unpaired) electrons. The summed E-state index contributed by atoms with van der Waals surface area (Å²) < 4.78 is 5.74. The van der Waals surface area contributed by atoms with Gasteiger partial charge in [-0.1, -0.05) is 18.2 Å². The number of benzene rings is 1. The van der Waals surface area contributed by atoms with E-state index in [-0.39, 0.29) is 0 Å². The molecule has 0 unspecified atom stereocenters. The SMILES string of the molecule is Cc1ccccc1OCCc1scnc1C. The van der Waals surface area contributed by atoms with Gasteiger partial charge in [-0.2, -0.15) is 0 Å². The lowest BCUT2D eigenvalue weighted by atomic mass is 10.2. The Balaban J connectivity index is 1.89. The summed E-state index contributed by atoms with van der Waals surface area (Å²) in [7, 11) is 0. The van der Waals surface area contributed by atoms with Crippen LogP contribution in [-0.4, -0.2) is 11.6 Å². The number of rotatable bonds is 4. The normalized spacial score (nSPS) is 10.4. The van der Waals surface area contributed by atoms with Crippen LogP contribution in [0.5, 0.6) is 5.75 Å². The van der Waals surface area contributed by atoms with Gasteiger partial charge in [-0.05, 0) is 25.5 Å². The van der Waals surface area contributed by atoms with E-state index in [1.54, 1.807) is 11.3 Å². The van der Waals surface area contributed by atoms with Gasteiger partial charge >= 0.3 is 0 Å². The smallest absolute Gasteiger partial charge is 0.122 e. The van der Waals surface area contributed by atoms with Crippen molar-refractivity contribution in [1.29, 1.82) is 0 Å². The summed E-state index contributed by atoms with van der Waals surface area (Å²) in [6.45, 7) is 4.82. The molecule has 0 N–H and O–H groups in total. The van der Waals surface area contributed by atoms with Crippen molar-refractivity contribution in [3.8, 4) is 5.75 Å². The van der Waals surface area contributed by atoms with Crippen LogP contribution >= 0.6 is 11.3 Å². The van der Waals surface area contributed by atoms with Crippen LogP contribution in [-0.2, 0) is 6.42 Å². The maximum absolute atomic E-state index is 5.74. The van der Waals surface area contributed by atoms with Crippen LogP contribution in [0.15, 0.2) is 29.8 Å². The first kappa shape index (κ1) is 11.1. The Bertz CT molecular complexity index is 464. The lowest BCUT2D eigenvalue weighted by molar-refractivity contribution is 0.320. The molecule has 0 aliphatic carbocycles. The van der Waals surface area contributed by atoms with Gasteiger partial charge in [-0.3, -0.25) is 0 Å². The molecule has 0 saturated heterocycles. The van der Waals surface area contributed by atoms with Gasteiger partial charge in [0, 0.05) is 11.3 Å². The van der Waals surface area contributed by atoms with Crippen LogP contribution < -0.4 is 4.74 Å². The number of ether oxygens (including phenoxy) is 1. The summed E-state index contributed by atoms with van der Waals surface area (Å²) >= 11 is 1.70. The third-order valence-electron chi connectivity index (χ3n) is 2.53. The molecule has 84 valence electrons. The number of nitrogens with zero attached hydrogens (tertiary/aromatic N) is 1. The zero-order valence-electron chi connectivity index (χ0n) is 9.56. The number of thiazole rings is 1. The molecule has 1 aromatic heterocycles. The van der Waals surface area contributed by atoms with E-state index >= 15 is 0 Å². The molecule has 0 aliphatic heterocycles. The number of aryl methyl sites for hydroxylation is 2. The van der Waals surface area contributed by atoms with Gasteiger partial charge in [-0.15, -0.1) is 11.3 Å². The molecule has 1 aromatic carbocycles. The van der Waals surface area contributed by atoms with E-state index in [1.807, 2.05) is 30.6 Å². The average Bonchev–Trinajstić information content (AvgIpc) is 2.67. The quantitative estimate of drug-likeness (QED) is 0.807. The molecule has 0 saturated carbocycles. The van der Waals surface area contributed by atoms with Crippen molar-refractivity contribution in [2.45, 2.75) is 20.3 Å². The Morgan fingerprint density at radius 1 is 1.25 bits per heavy atom. The number of hydrogen-bond acceptors (Lipinski definition) is 3. The minimum Gasteiger partial charge on any atom is -0.493 e. The first-order chi connectivity index (χ1) is 7.77.